The number of halogens is 2. The monoisotopic (exact) mass is 242 g/mol. The quantitative estimate of drug-likeness (QED) is 0.564. The fourth-order valence-electron chi connectivity index (χ4n) is 0. The van der Waals surface area contributed by atoms with Crippen molar-refractivity contribution in [3.63, 3.8) is 0 Å². The molecule has 0 aliphatic carbocycles. The Morgan fingerprint density at radius 2 is 1.14 bits per heavy atom. The molecule has 0 heterocycles. The topological polar surface area (TPSA) is 100 Å². The summed E-state index contributed by atoms with van der Waals surface area (Å²) >= 11 is 0. The SMILES string of the molecule is Br.Br.O.O.O=CO. The molecule has 0 bridgehead atoms. The average Bonchev–Trinajstić information content (AvgIpc) is 0.918. The zero-order chi connectivity index (χ0) is 2.71. The largest absolute Gasteiger partial charge is 0.483 e. The highest BCUT2D eigenvalue weighted by Gasteiger charge is 1.22. The summed E-state index contributed by atoms with van der Waals surface area (Å²) in [4.78, 5) is 8.36. The molecule has 6 heteroatoms. The van der Waals surface area contributed by atoms with Crippen LogP contribution in [0.1, 0.15) is 0 Å². The molecule has 0 saturated heterocycles. The van der Waals surface area contributed by atoms with Gasteiger partial charge < -0.3 is 16.1 Å². The van der Waals surface area contributed by atoms with Gasteiger partial charge in [0.1, 0.15) is 0 Å². The fourth-order valence-corrected chi connectivity index (χ4v) is 0. The number of hydrogen-bond acceptors (Lipinski definition) is 1. The van der Waals surface area contributed by atoms with Crippen molar-refractivity contribution in [3.8, 4) is 0 Å². The zero-order valence-corrected chi connectivity index (χ0v) is 6.68. The molecule has 0 aliphatic heterocycles. The van der Waals surface area contributed by atoms with Crippen LogP contribution >= 0.6 is 34.0 Å². The van der Waals surface area contributed by atoms with Crippen LogP contribution < -0.4 is 0 Å². The van der Waals surface area contributed by atoms with Gasteiger partial charge in [0.25, 0.3) is 6.47 Å². The molecule has 0 atom stereocenters. The minimum atomic E-state index is -0.250. The van der Waals surface area contributed by atoms with Crippen LogP contribution in [0.5, 0.6) is 0 Å². The van der Waals surface area contributed by atoms with E-state index in [4.69, 9.17) is 9.90 Å². The van der Waals surface area contributed by atoms with Crippen molar-refractivity contribution in [2.75, 3.05) is 0 Å². The number of rotatable bonds is 0. The second-order valence-electron chi connectivity index (χ2n) is 0.105. The van der Waals surface area contributed by atoms with E-state index in [9.17, 15) is 0 Å². The Hall–Kier alpha value is 0.350. The maximum Gasteiger partial charge on any atom is 0.290 e. The second kappa shape index (κ2) is 99.7. The van der Waals surface area contributed by atoms with E-state index in [0.717, 1.165) is 0 Å². The first-order valence-electron chi connectivity index (χ1n) is 0.494. The van der Waals surface area contributed by atoms with Crippen LogP contribution in [0.2, 0.25) is 0 Å². The van der Waals surface area contributed by atoms with Gasteiger partial charge in [-0.1, -0.05) is 0 Å². The van der Waals surface area contributed by atoms with Gasteiger partial charge in [0.15, 0.2) is 0 Å². The van der Waals surface area contributed by atoms with Crippen molar-refractivity contribution < 1.29 is 20.9 Å². The number of carboxylic acid groups (broad SMARTS) is 1. The molecule has 0 rings (SSSR count). The van der Waals surface area contributed by atoms with Crippen molar-refractivity contribution in [3.05, 3.63) is 0 Å². The van der Waals surface area contributed by atoms with Gasteiger partial charge in [-0.2, -0.15) is 0 Å². The first-order valence-corrected chi connectivity index (χ1v) is 0.494. The van der Waals surface area contributed by atoms with Gasteiger partial charge in [0.05, 0.1) is 0 Å². The molecular formula is CH8Br2O4. The third kappa shape index (κ3) is 981. The molecule has 0 radical (unpaired) electrons. The lowest BCUT2D eigenvalue weighted by atomic mass is 11.7. The predicted molar refractivity (Wildman–Crippen MR) is 36.6 cm³/mol. The Balaban J connectivity index is -0.00000000333. The molecule has 0 aromatic heterocycles. The molecule has 0 saturated carbocycles. The van der Waals surface area contributed by atoms with Crippen molar-refractivity contribution in [2.24, 2.45) is 0 Å². The second-order valence-corrected chi connectivity index (χ2v) is 0.105. The fraction of sp³-hybridized carbons (Fsp3) is 0. The zero-order valence-electron chi connectivity index (χ0n) is 3.25. The highest BCUT2D eigenvalue weighted by atomic mass is 79.9. The Morgan fingerprint density at radius 3 is 1.14 bits per heavy atom. The number of hydrogen-bond donors (Lipinski definition) is 1. The molecule has 0 fully saturated rings. The summed E-state index contributed by atoms with van der Waals surface area (Å²) < 4.78 is 0. The minimum absolute atomic E-state index is 0. The van der Waals surface area contributed by atoms with Crippen LogP contribution in [-0.2, 0) is 4.79 Å². The summed E-state index contributed by atoms with van der Waals surface area (Å²) in [6, 6.07) is 0. The smallest absolute Gasteiger partial charge is 0.290 e. The molecule has 0 aromatic carbocycles. The molecule has 0 unspecified atom stereocenters. The lowest BCUT2D eigenvalue weighted by Crippen LogP contribution is -1.49. The van der Waals surface area contributed by atoms with Crippen LogP contribution in [0.15, 0.2) is 0 Å². The summed E-state index contributed by atoms with van der Waals surface area (Å²) in [5.41, 5.74) is 0. The van der Waals surface area contributed by atoms with Crippen LogP contribution in [0.4, 0.5) is 0 Å². The van der Waals surface area contributed by atoms with Gasteiger partial charge in [0, 0.05) is 0 Å². The van der Waals surface area contributed by atoms with Crippen molar-refractivity contribution in [1.29, 1.82) is 0 Å². The molecule has 0 spiro atoms. The molecule has 0 aliphatic rings. The first-order chi connectivity index (χ1) is 1.41. The minimum Gasteiger partial charge on any atom is -0.483 e. The summed E-state index contributed by atoms with van der Waals surface area (Å²) in [5.74, 6) is 0. The van der Waals surface area contributed by atoms with E-state index in [1.165, 1.54) is 0 Å². The van der Waals surface area contributed by atoms with Crippen molar-refractivity contribution >= 4 is 40.4 Å². The summed E-state index contributed by atoms with van der Waals surface area (Å²) in [6.07, 6.45) is 0. The van der Waals surface area contributed by atoms with Gasteiger partial charge in [-0.3, -0.25) is 4.79 Å². The standard InChI is InChI=1S/CH2O2.2BrH.2H2O/c2-1-3;;;;/h1H,(H,2,3);2*1H;2*1H2. The normalized spacial score (nSPS) is 1.71. The van der Waals surface area contributed by atoms with Gasteiger partial charge in [0.2, 0.25) is 0 Å². The Labute approximate surface area is 61.7 Å². The van der Waals surface area contributed by atoms with E-state index in [2.05, 4.69) is 0 Å². The van der Waals surface area contributed by atoms with Crippen LogP contribution in [-0.4, -0.2) is 22.5 Å². The van der Waals surface area contributed by atoms with Crippen LogP contribution in [0.25, 0.3) is 0 Å². The van der Waals surface area contributed by atoms with E-state index in [-0.39, 0.29) is 51.4 Å². The third-order valence-electron chi connectivity index (χ3n) is 0. The summed E-state index contributed by atoms with van der Waals surface area (Å²) in [5, 5.41) is 6.89. The first kappa shape index (κ1) is 53.7. The van der Waals surface area contributed by atoms with Crippen LogP contribution in [0.3, 0.4) is 0 Å². The van der Waals surface area contributed by atoms with Gasteiger partial charge in [-0.25, -0.2) is 0 Å². The van der Waals surface area contributed by atoms with E-state index < -0.39 is 0 Å². The lowest BCUT2D eigenvalue weighted by molar-refractivity contribution is -0.122. The molecule has 4 nitrogen and oxygen atoms in total. The van der Waals surface area contributed by atoms with Gasteiger partial charge >= 0.3 is 0 Å². The van der Waals surface area contributed by atoms with E-state index in [1.54, 1.807) is 0 Å². The Morgan fingerprint density at radius 1 is 1.14 bits per heavy atom. The van der Waals surface area contributed by atoms with Crippen molar-refractivity contribution in [1.82, 2.24) is 0 Å². The Kier molecular flexibility index (Phi) is 765. The molecule has 50 valence electrons. The molecule has 5 N–H and O–H groups in total. The van der Waals surface area contributed by atoms with Gasteiger partial charge in [-0.15, -0.1) is 34.0 Å². The van der Waals surface area contributed by atoms with E-state index in [0.29, 0.717) is 0 Å². The van der Waals surface area contributed by atoms with Gasteiger partial charge in [-0.05, 0) is 0 Å². The van der Waals surface area contributed by atoms with Crippen molar-refractivity contribution in [2.45, 2.75) is 0 Å². The molecular weight excluding hydrogens is 236 g/mol. The Bertz CT molecular complexity index is 17.2. The van der Waals surface area contributed by atoms with E-state index >= 15 is 0 Å². The highest BCUT2D eigenvalue weighted by Crippen LogP contribution is 0.966. The van der Waals surface area contributed by atoms with Crippen LogP contribution in [0, 0.1) is 0 Å². The third-order valence-corrected chi connectivity index (χ3v) is 0. The lowest BCUT2D eigenvalue weighted by Gasteiger charge is -1.34. The highest BCUT2D eigenvalue weighted by molar-refractivity contribution is 8.93. The maximum absolute atomic E-state index is 8.36. The maximum atomic E-state index is 8.36. The molecule has 0 amide bonds. The number of carbonyl (C=O) groups is 1. The molecule has 0 aromatic rings. The average molecular weight is 244 g/mol. The molecule has 7 heavy (non-hydrogen) atoms. The summed E-state index contributed by atoms with van der Waals surface area (Å²) in [6.45, 7) is -0.250. The summed E-state index contributed by atoms with van der Waals surface area (Å²) in [7, 11) is 0. The van der Waals surface area contributed by atoms with E-state index in [1.807, 2.05) is 0 Å². The predicted octanol–water partition coefficient (Wildman–Crippen LogP) is -0.793.